The number of nitrogens with zero attached hydrogens (tertiary/aromatic N) is 2. The normalized spacial score (nSPS) is 27.5. The van der Waals surface area contributed by atoms with Gasteiger partial charge >= 0.3 is 6.03 Å². The van der Waals surface area contributed by atoms with E-state index in [-0.39, 0.29) is 36.2 Å². The molecule has 2 heterocycles. The van der Waals surface area contributed by atoms with Gasteiger partial charge in [-0.2, -0.15) is 0 Å². The molecule has 4 amide bonds. The van der Waals surface area contributed by atoms with Gasteiger partial charge in [-0.15, -0.1) is 0 Å². The molecule has 174 valence electrons. The summed E-state index contributed by atoms with van der Waals surface area (Å²) in [5.74, 6) is -1.10. The molecule has 0 unspecified atom stereocenters. The fourth-order valence-corrected chi connectivity index (χ4v) is 5.75. The molecule has 9 nitrogen and oxygen atoms in total. The van der Waals surface area contributed by atoms with E-state index in [0.717, 1.165) is 17.7 Å². The molecule has 0 radical (unpaired) electrons. The average molecular weight is 467 g/mol. The lowest BCUT2D eigenvalue weighted by Gasteiger charge is -2.33. The maximum atomic E-state index is 14.3. The van der Waals surface area contributed by atoms with Crippen LogP contribution in [0, 0.1) is 11.7 Å². The third-order valence-corrected chi connectivity index (χ3v) is 8.20. The van der Waals surface area contributed by atoms with Gasteiger partial charge in [-0.3, -0.25) is 14.5 Å². The first-order valence-electron chi connectivity index (χ1n) is 10.8. The number of carbonyl (C=O) groups is 3. The second kappa shape index (κ2) is 8.34. The molecule has 0 atom stereocenters. The summed E-state index contributed by atoms with van der Waals surface area (Å²) in [5, 5.41) is 5.38. The zero-order valence-electron chi connectivity index (χ0n) is 17.9. The quantitative estimate of drug-likeness (QED) is 0.650. The highest BCUT2D eigenvalue weighted by Crippen LogP contribution is 2.36. The van der Waals surface area contributed by atoms with E-state index in [4.69, 9.17) is 0 Å². The van der Waals surface area contributed by atoms with Crippen LogP contribution in [-0.4, -0.2) is 67.8 Å². The molecule has 11 heteroatoms. The molecule has 1 aliphatic carbocycles. The Balaban J connectivity index is 1.41. The molecule has 1 saturated carbocycles. The van der Waals surface area contributed by atoms with E-state index in [0.29, 0.717) is 24.4 Å². The molecule has 2 saturated heterocycles. The number of nitrogens with one attached hydrogen (secondary N) is 2. The van der Waals surface area contributed by atoms with Gasteiger partial charge in [-0.1, -0.05) is 6.92 Å². The van der Waals surface area contributed by atoms with Gasteiger partial charge in [0.1, 0.15) is 17.9 Å². The lowest BCUT2D eigenvalue weighted by molar-refractivity contribution is -0.135. The van der Waals surface area contributed by atoms with Gasteiger partial charge in [0.05, 0.1) is 17.2 Å². The van der Waals surface area contributed by atoms with Gasteiger partial charge in [0.25, 0.3) is 5.91 Å². The number of urea groups is 1. The van der Waals surface area contributed by atoms with Crippen molar-refractivity contribution in [2.45, 2.75) is 38.1 Å². The average Bonchev–Trinajstić information content (AvgIpc) is 2.96. The summed E-state index contributed by atoms with van der Waals surface area (Å²) >= 11 is 0. The number of sulfone groups is 1. The van der Waals surface area contributed by atoms with Crippen LogP contribution in [0.1, 0.15) is 32.6 Å². The van der Waals surface area contributed by atoms with Crippen molar-refractivity contribution >= 4 is 39.1 Å². The van der Waals surface area contributed by atoms with Gasteiger partial charge in [-0.05, 0) is 49.8 Å². The fraction of sp³-hybridized carbons (Fsp3) is 0.571. The summed E-state index contributed by atoms with van der Waals surface area (Å²) in [6.07, 6.45) is 2.79. The van der Waals surface area contributed by atoms with Crippen LogP contribution >= 0.6 is 0 Å². The molecule has 32 heavy (non-hydrogen) atoms. The minimum atomic E-state index is -3.11. The first kappa shape index (κ1) is 22.5. The van der Waals surface area contributed by atoms with E-state index in [1.165, 1.54) is 18.2 Å². The van der Waals surface area contributed by atoms with Gasteiger partial charge < -0.3 is 15.5 Å². The molecule has 1 aromatic carbocycles. The predicted octanol–water partition coefficient (Wildman–Crippen LogP) is 1.50. The van der Waals surface area contributed by atoms with Crippen molar-refractivity contribution in [1.29, 1.82) is 0 Å². The minimum Gasteiger partial charge on any atom is -0.367 e. The van der Waals surface area contributed by atoms with Crippen molar-refractivity contribution in [3.05, 3.63) is 24.0 Å². The molecule has 1 spiro atoms. The first-order chi connectivity index (χ1) is 15.1. The second-order valence-corrected chi connectivity index (χ2v) is 11.2. The molecule has 0 aromatic heterocycles. The first-order valence-corrected chi connectivity index (χ1v) is 12.6. The molecule has 2 N–H and O–H groups in total. The fourth-order valence-electron chi connectivity index (χ4n) is 4.54. The SMILES string of the molecule is CC1CCC2(CC1)NC(=O)N(CC(=O)Nc1ccc(F)c(N3CCS(=O)(=O)CC3)c1)C2=O. The summed E-state index contributed by atoms with van der Waals surface area (Å²) in [7, 11) is -3.11. The number of amides is 4. The van der Waals surface area contributed by atoms with Crippen LogP contribution in [0.4, 0.5) is 20.6 Å². The molecule has 0 bridgehead atoms. The molecule has 3 fully saturated rings. The Bertz CT molecular complexity index is 1040. The third-order valence-electron chi connectivity index (χ3n) is 6.59. The van der Waals surface area contributed by atoms with Crippen LogP contribution in [0.25, 0.3) is 0 Å². The van der Waals surface area contributed by atoms with Crippen LogP contribution in [0.2, 0.25) is 0 Å². The van der Waals surface area contributed by atoms with E-state index >= 15 is 0 Å². The van der Waals surface area contributed by atoms with Crippen LogP contribution in [0.5, 0.6) is 0 Å². The monoisotopic (exact) mass is 466 g/mol. The van der Waals surface area contributed by atoms with Gasteiger partial charge in [0.15, 0.2) is 9.84 Å². The molecular weight excluding hydrogens is 439 g/mol. The smallest absolute Gasteiger partial charge is 0.325 e. The highest BCUT2D eigenvalue weighted by Gasteiger charge is 2.52. The van der Waals surface area contributed by atoms with Gasteiger partial charge in [0.2, 0.25) is 5.91 Å². The van der Waals surface area contributed by atoms with E-state index in [1.54, 1.807) is 4.90 Å². The number of hydrogen-bond donors (Lipinski definition) is 2. The Morgan fingerprint density at radius 1 is 1.22 bits per heavy atom. The maximum Gasteiger partial charge on any atom is 0.325 e. The summed E-state index contributed by atoms with van der Waals surface area (Å²) in [4.78, 5) is 40.4. The van der Waals surface area contributed by atoms with Crippen molar-refractivity contribution in [3.63, 3.8) is 0 Å². The summed E-state index contributed by atoms with van der Waals surface area (Å²) < 4.78 is 37.6. The van der Waals surface area contributed by atoms with E-state index < -0.39 is 39.7 Å². The standard InChI is InChI=1S/C21H27FN4O5S/c1-14-4-6-21(7-5-14)19(28)26(20(29)24-21)13-18(27)23-15-2-3-16(22)17(12-15)25-8-10-32(30,31)11-9-25/h2-3,12,14H,4-11,13H2,1H3,(H,23,27)(H,24,29). The number of anilines is 2. The third kappa shape index (κ3) is 4.43. The summed E-state index contributed by atoms with van der Waals surface area (Å²) in [5.41, 5.74) is -0.419. The van der Waals surface area contributed by atoms with Crippen LogP contribution < -0.4 is 15.5 Å². The van der Waals surface area contributed by atoms with Gasteiger partial charge in [-0.25, -0.2) is 17.6 Å². The largest absolute Gasteiger partial charge is 0.367 e. The highest BCUT2D eigenvalue weighted by molar-refractivity contribution is 7.91. The number of imide groups is 1. The Kier molecular flexibility index (Phi) is 5.87. The van der Waals surface area contributed by atoms with Crippen LogP contribution in [-0.2, 0) is 19.4 Å². The number of benzene rings is 1. The van der Waals surface area contributed by atoms with E-state index in [1.807, 2.05) is 0 Å². The summed E-state index contributed by atoms with van der Waals surface area (Å²) in [6, 6.07) is 3.43. The zero-order valence-corrected chi connectivity index (χ0v) is 18.7. The Labute approximate surface area is 186 Å². The number of carbonyl (C=O) groups excluding carboxylic acids is 3. The van der Waals surface area contributed by atoms with Crippen molar-refractivity contribution in [2.24, 2.45) is 5.92 Å². The minimum absolute atomic E-state index is 0.0598. The van der Waals surface area contributed by atoms with Crippen molar-refractivity contribution in [1.82, 2.24) is 10.2 Å². The van der Waals surface area contributed by atoms with Gasteiger partial charge in [0, 0.05) is 18.8 Å². The Hall–Kier alpha value is -2.69. The summed E-state index contributed by atoms with van der Waals surface area (Å²) in [6.45, 7) is 2.01. The number of rotatable bonds is 4. The molecule has 3 aliphatic rings. The Morgan fingerprint density at radius 3 is 2.53 bits per heavy atom. The lowest BCUT2D eigenvalue weighted by atomic mass is 9.77. The topological polar surface area (TPSA) is 116 Å². The van der Waals surface area contributed by atoms with Crippen molar-refractivity contribution in [3.8, 4) is 0 Å². The predicted molar refractivity (Wildman–Crippen MR) is 117 cm³/mol. The highest BCUT2D eigenvalue weighted by atomic mass is 32.2. The number of hydrogen-bond acceptors (Lipinski definition) is 6. The number of halogens is 1. The van der Waals surface area contributed by atoms with Crippen LogP contribution in [0.3, 0.4) is 0 Å². The second-order valence-electron chi connectivity index (χ2n) is 8.94. The maximum absolute atomic E-state index is 14.3. The van der Waals surface area contributed by atoms with Crippen molar-refractivity contribution in [2.75, 3.05) is 41.4 Å². The molecule has 1 aromatic rings. The Morgan fingerprint density at radius 2 is 1.88 bits per heavy atom. The lowest BCUT2D eigenvalue weighted by Crippen LogP contribution is -2.49. The zero-order chi connectivity index (χ0) is 23.1. The van der Waals surface area contributed by atoms with E-state index in [2.05, 4.69) is 17.6 Å². The van der Waals surface area contributed by atoms with Crippen molar-refractivity contribution < 1.29 is 27.2 Å². The molecule has 2 aliphatic heterocycles. The van der Waals surface area contributed by atoms with E-state index in [9.17, 15) is 27.2 Å². The van der Waals surface area contributed by atoms with Crippen LogP contribution in [0.15, 0.2) is 18.2 Å². The molecule has 4 rings (SSSR count). The molecular formula is C21H27FN4O5S.